The SMILES string of the molecule is C=C(CN)C(C)C.CC.CCc1c[nH]c2ccccc12. The lowest BCUT2D eigenvalue weighted by Gasteiger charge is -2.02. The molecular formula is C18H30N2. The summed E-state index contributed by atoms with van der Waals surface area (Å²) in [5.74, 6) is 0.546. The Hall–Kier alpha value is -1.54. The molecule has 0 aliphatic heterocycles. The molecule has 0 aliphatic carbocycles. The molecule has 0 amide bonds. The monoisotopic (exact) mass is 274 g/mol. The number of hydrogen-bond acceptors (Lipinski definition) is 1. The number of fused-ring (bicyclic) bond motifs is 1. The third kappa shape index (κ3) is 5.62. The quantitative estimate of drug-likeness (QED) is 0.767. The van der Waals surface area contributed by atoms with Gasteiger partial charge in [0.1, 0.15) is 0 Å². The molecule has 2 rings (SSSR count). The maximum atomic E-state index is 5.27. The van der Waals surface area contributed by atoms with Crippen LogP contribution in [0, 0.1) is 5.92 Å². The van der Waals surface area contributed by atoms with Gasteiger partial charge < -0.3 is 10.7 Å². The molecule has 0 spiro atoms. The van der Waals surface area contributed by atoms with E-state index >= 15 is 0 Å². The van der Waals surface area contributed by atoms with E-state index in [9.17, 15) is 0 Å². The van der Waals surface area contributed by atoms with Gasteiger partial charge in [-0.2, -0.15) is 0 Å². The van der Waals surface area contributed by atoms with E-state index in [4.69, 9.17) is 5.73 Å². The fraction of sp³-hybridized carbons (Fsp3) is 0.444. The van der Waals surface area contributed by atoms with Crippen LogP contribution in [-0.4, -0.2) is 11.5 Å². The first-order valence-corrected chi connectivity index (χ1v) is 7.52. The molecule has 112 valence electrons. The van der Waals surface area contributed by atoms with Crippen LogP contribution in [0.5, 0.6) is 0 Å². The van der Waals surface area contributed by atoms with Crippen molar-refractivity contribution < 1.29 is 0 Å². The molecule has 1 heterocycles. The summed E-state index contributed by atoms with van der Waals surface area (Å²) < 4.78 is 0. The molecule has 3 N–H and O–H groups in total. The Labute approximate surface area is 124 Å². The number of hydrogen-bond donors (Lipinski definition) is 2. The Kier molecular flexibility index (Phi) is 9.48. The van der Waals surface area contributed by atoms with Crippen LogP contribution in [0.4, 0.5) is 0 Å². The highest BCUT2D eigenvalue weighted by Gasteiger charge is 1.98. The first-order chi connectivity index (χ1) is 9.60. The number of para-hydroxylation sites is 1. The number of benzene rings is 1. The van der Waals surface area contributed by atoms with Gasteiger partial charge in [0.25, 0.3) is 0 Å². The van der Waals surface area contributed by atoms with Crippen LogP contribution < -0.4 is 5.73 Å². The molecule has 2 nitrogen and oxygen atoms in total. The average Bonchev–Trinajstić information content (AvgIpc) is 2.92. The fourth-order valence-corrected chi connectivity index (χ4v) is 1.66. The lowest BCUT2D eigenvalue weighted by molar-refractivity contribution is 0.750. The number of aryl methyl sites for hydroxylation is 1. The van der Waals surface area contributed by atoms with Crippen LogP contribution in [0.25, 0.3) is 10.9 Å². The van der Waals surface area contributed by atoms with Crippen molar-refractivity contribution in [1.82, 2.24) is 4.98 Å². The number of aromatic nitrogens is 1. The fourth-order valence-electron chi connectivity index (χ4n) is 1.66. The zero-order valence-electron chi connectivity index (χ0n) is 13.7. The molecule has 0 atom stereocenters. The zero-order valence-corrected chi connectivity index (χ0v) is 13.7. The normalized spacial score (nSPS) is 9.55. The second kappa shape index (κ2) is 10.3. The number of aromatic amines is 1. The topological polar surface area (TPSA) is 41.8 Å². The number of H-pyrrole nitrogens is 1. The smallest absolute Gasteiger partial charge is 0.0456 e. The van der Waals surface area contributed by atoms with Crippen LogP contribution in [0.2, 0.25) is 0 Å². The molecule has 0 radical (unpaired) electrons. The molecule has 0 unspecified atom stereocenters. The van der Waals surface area contributed by atoms with E-state index in [0.29, 0.717) is 12.5 Å². The van der Waals surface area contributed by atoms with Crippen molar-refractivity contribution in [3.63, 3.8) is 0 Å². The van der Waals surface area contributed by atoms with Gasteiger partial charge in [0.2, 0.25) is 0 Å². The standard InChI is InChI=1S/C10H11N.C6H13N.C2H6/c1-2-8-7-11-10-6-4-3-5-9(8)10;1-5(2)6(3)4-7;1-2/h3-7,11H,2H2,1H3;5H,3-4,7H2,1-2H3;1-2H3. The Morgan fingerprint density at radius 3 is 2.30 bits per heavy atom. The number of rotatable bonds is 3. The lowest BCUT2D eigenvalue weighted by Crippen LogP contribution is -2.06. The van der Waals surface area contributed by atoms with Gasteiger partial charge in [-0.15, -0.1) is 0 Å². The third-order valence-electron chi connectivity index (χ3n) is 3.13. The highest BCUT2D eigenvalue weighted by atomic mass is 14.7. The van der Waals surface area contributed by atoms with E-state index < -0.39 is 0 Å². The molecule has 0 saturated carbocycles. The van der Waals surface area contributed by atoms with Crippen molar-refractivity contribution in [2.24, 2.45) is 11.7 Å². The van der Waals surface area contributed by atoms with E-state index in [-0.39, 0.29) is 0 Å². The Bertz CT molecular complexity index is 495. The minimum atomic E-state index is 0.546. The van der Waals surface area contributed by atoms with Gasteiger partial charge in [0.15, 0.2) is 0 Å². The maximum Gasteiger partial charge on any atom is 0.0456 e. The molecular weight excluding hydrogens is 244 g/mol. The highest BCUT2D eigenvalue weighted by Crippen LogP contribution is 2.17. The summed E-state index contributed by atoms with van der Waals surface area (Å²) in [6.45, 7) is 14.7. The summed E-state index contributed by atoms with van der Waals surface area (Å²) in [4.78, 5) is 3.24. The zero-order chi connectivity index (χ0) is 15.5. The van der Waals surface area contributed by atoms with E-state index in [1.807, 2.05) is 13.8 Å². The van der Waals surface area contributed by atoms with E-state index in [0.717, 1.165) is 12.0 Å². The summed E-state index contributed by atoms with van der Waals surface area (Å²) in [5.41, 5.74) is 9.04. The molecule has 2 aromatic rings. The molecule has 1 aromatic heterocycles. The van der Waals surface area contributed by atoms with Crippen molar-refractivity contribution in [3.05, 3.63) is 48.2 Å². The summed E-state index contributed by atoms with van der Waals surface area (Å²) >= 11 is 0. The van der Waals surface area contributed by atoms with Gasteiger partial charge in [-0.1, -0.05) is 65.0 Å². The van der Waals surface area contributed by atoms with Gasteiger partial charge in [0, 0.05) is 23.6 Å². The predicted molar refractivity (Wildman–Crippen MR) is 92.1 cm³/mol. The third-order valence-corrected chi connectivity index (χ3v) is 3.13. The van der Waals surface area contributed by atoms with Gasteiger partial charge >= 0.3 is 0 Å². The van der Waals surface area contributed by atoms with Gasteiger partial charge in [-0.25, -0.2) is 0 Å². The van der Waals surface area contributed by atoms with Crippen molar-refractivity contribution in [2.45, 2.75) is 41.0 Å². The molecule has 0 bridgehead atoms. The maximum absolute atomic E-state index is 5.27. The largest absolute Gasteiger partial charge is 0.361 e. The van der Waals surface area contributed by atoms with Crippen LogP contribution in [0.15, 0.2) is 42.6 Å². The van der Waals surface area contributed by atoms with Crippen molar-refractivity contribution in [3.8, 4) is 0 Å². The second-order valence-corrected chi connectivity index (χ2v) is 4.73. The van der Waals surface area contributed by atoms with Crippen LogP contribution in [0.3, 0.4) is 0 Å². The van der Waals surface area contributed by atoms with E-state index in [1.54, 1.807) is 0 Å². The van der Waals surface area contributed by atoms with Gasteiger partial charge in [0.05, 0.1) is 0 Å². The molecule has 0 fully saturated rings. The summed E-state index contributed by atoms with van der Waals surface area (Å²) in [5, 5.41) is 1.36. The second-order valence-electron chi connectivity index (χ2n) is 4.73. The lowest BCUT2D eigenvalue weighted by atomic mass is 10.1. The van der Waals surface area contributed by atoms with Gasteiger partial charge in [-0.05, 0) is 24.0 Å². The first-order valence-electron chi connectivity index (χ1n) is 7.52. The molecule has 0 aliphatic rings. The van der Waals surface area contributed by atoms with E-state index in [2.05, 4.69) is 62.8 Å². The summed E-state index contributed by atoms with van der Waals surface area (Å²) in [6.07, 6.45) is 3.19. The van der Waals surface area contributed by atoms with Gasteiger partial charge in [-0.3, -0.25) is 0 Å². The molecule has 2 heteroatoms. The minimum absolute atomic E-state index is 0.546. The highest BCUT2D eigenvalue weighted by molar-refractivity contribution is 5.82. The minimum Gasteiger partial charge on any atom is -0.361 e. The number of nitrogens with two attached hydrogens (primary N) is 1. The molecule has 1 aromatic carbocycles. The molecule has 20 heavy (non-hydrogen) atoms. The van der Waals surface area contributed by atoms with Crippen LogP contribution >= 0.6 is 0 Å². The first kappa shape index (κ1) is 18.5. The Morgan fingerprint density at radius 1 is 1.25 bits per heavy atom. The predicted octanol–water partition coefficient (Wildman–Crippen LogP) is 4.91. The van der Waals surface area contributed by atoms with Crippen LogP contribution in [-0.2, 0) is 6.42 Å². The Balaban J connectivity index is 0.000000352. The van der Waals surface area contributed by atoms with Crippen molar-refractivity contribution in [1.29, 1.82) is 0 Å². The molecule has 0 saturated heterocycles. The summed E-state index contributed by atoms with van der Waals surface area (Å²) in [6, 6.07) is 8.40. The Morgan fingerprint density at radius 2 is 1.85 bits per heavy atom. The van der Waals surface area contributed by atoms with Crippen molar-refractivity contribution in [2.75, 3.05) is 6.54 Å². The van der Waals surface area contributed by atoms with E-state index in [1.165, 1.54) is 16.5 Å². The summed E-state index contributed by atoms with van der Waals surface area (Å²) in [7, 11) is 0. The van der Waals surface area contributed by atoms with Crippen molar-refractivity contribution >= 4 is 10.9 Å². The average molecular weight is 274 g/mol. The number of nitrogens with one attached hydrogen (secondary N) is 1. The van der Waals surface area contributed by atoms with Crippen LogP contribution in [0.1, 0.15) is 40.2 Å².